The van der Waals surface area contributed by atoms with Gasteiger partial charge in [0.25, 0.3) is 0 Å². The van der Waals surface area contributed by atoms with E-state index < -0.39 is 0 Å². The predicted octanol–water partition coefficient (Wildman–Crippen LogP) is 0.611. The van der Waals surface area contributed by atoms with E-state index in [0.29, 0.717) is 0 Å². The predicted molar refractivity (Wildman–Crippen MR) is 49.7 cm³/mol. The fourth-order valence-corrected chi connectivity index (χ4v) is 0.250. The third kappa shape index (κ3) is 174. The van der Waals surface area contributed by atoms with Crippen molar-refractivity contribution in [3.63, 3.8) is 0 Å². The van der Waals surface area contributed by atoms with Gasteiger partial charge in [0.15, 0.2) is 0 Å². The highest BCUT2D eigenvalue weighted by Crippen LogP contribution is 1.65. The van der Waals surface area contributed by atoms with Gasteiger partial charge in [-0.25, -0.2) is 0 Å². The van der Waals surface area contributed by atoms with E-state index in [2.05, 4.69) is 19.2 Å². The van der Waals surface area contributed by atoms with Crippen molar-refractivity contribution in [1.29, 1.82) is 0 Å². The molecule has 3 nitrogen and oxygen atoms in total. The molecule has 0 aromatic heterocycles. The van der Waals surface area contributed by atoms with E-state index in [4.69, 9.17) is 10.2 Å². The van der Waals surface area contributed by atoms with Crippen LogP contribution in [0.15, 0.2) is 0 Å². The van der Waals surface area contributed by atoms with Gasteiger partial charge in [0.2, 0.25) is 0 Å². The number of hydrogen-bond donors (Lipinski definition) is 3. The minimum atomic E-state index is -0.167. The molecule has 0 aromatic carbocycles. The van der Waals surface area contributed by atoms with Gasteiger partial charge in [-0.1, -0.05) is 13.8 Å². The number of hydrogen-bond acceptors (Lipinski definition) is 3. The van der Waals surface area contributed by atoms with E-state index >= 15 is 0 Å². The first kappa shape index (κ1) is 17.1. The zero-order chi connectivity index (χ0) is 9.70. The van der Waals surface area contributed by atoms with Crippen molar-refractivity contribution in [3.8, 4) is 0 Å². The molecule has 3 N–H and O–H groups in total. The Balaban J connectivity index is -0.0000000965. The molecule has 0 unspecified atom stereocenters. The third-order valence-electron chi connectivity index (χ3n) is 0.500. The van der Waals surface area contributed by atoms with Crippen LogP contribution in [-0.2, 0) is 0 Å². The Hall–Kier alpha value is -0.120. The summed E-state index contributed by atoms with van der Waals surface area (Å²) in [6, 6.07) is 0. The second-order valence-electron chi connectivity index (χ2n) is 2.05. The molecule has 0 heterocycles. The molecule has 0 amide bonds. The van der Waals surface area contributed by atoms with Crippen LogP contribution in [0.1, 0.15) is 27.7 Å². The van der Waals surface area contributed by atoms with Gasteiger partial charge in [0.1, 0.15) is 0 Å². The molecule has 0 aliphatic rings. The first-order valence-corrected chi connectivity index (χ1v) is 3.98. The molecule has 0 bridgehead atoms. The van der Waals surface area contributed by atoms with Crippen molar-refractivity contribution >= 4 is 0 Å². The lowest BCUT2D eigenvalue weighted by atomic mass is 10.5. The van der Waals surface area contributed by atoms with Crippen LogP contribution in [0.25, 0.3) is 0 Å². The average Bonchev–Trinajstić information content (AvgIpc) is 1.93. The third-order valence-corrected chi connectivity index (χ3v) is 0.500. The van der Waals surface area contributed by atoms with Crippen LogP contribution >= 0.6 is 0 Å². The Labute approximate surface area is 70.4 Å². The minimum absolute atomic E-state index is 0.167. The maximum Gasteiger partial charge on any atom is 0.0483 e. The Bertz CT molecular complexity index is 36.3. The van der Waals surface area contributed by atoms with E-state index in [1.807, 2.05) is 0 Å². The first-order valence-electron chi connectivity index (χ1n) is 3.98. The van der Waals surface area contributed by atoms with Crippen molar-refractivity contribution in [2.45, 2.75) is 33.8 Å². The zero-order valence-corrected chi connectivity index (χ0v) is 8.39. The second kappa shape index (κ2) is 22.5. The molecular formula is C8H23NO2. The Morgan fingerprint density at radius 2 is 1.27 bits per heavy atom. The Morgan fingerprint density at radius 1 is 1.09 bits per heavy atom. The Morgan fingerprint density at radius 3 is 1.27 bits per heavy atom. The lowest BCUT2D eigenvalue weighted by Gasteiger charge is -1.86. The lowest BCUT2D eigenvalue weighted by Crippen LogP contribution is -2.09. The van der Waals surface area contributed by atoms with Crippen LogP contribution in [0.4, 0.5) is 0 Å². The molecular weight excluding hydrogens is 142 g/mol. The summed E-state index contributed by atoms with van der Waals surface area (Å²) in [6.07, 6.45) is -0.167. The maximum atomic E-state index is 8.06. The topological polar surface area (TPSA) is 52.5 Å². The van der Waals surface area contributed by atoms with Crippen molar-refractivity contribution in [2.75, 3.05) is 20.2 Å². The summed E-state index contributed by atoms with van der Waals surface area (Å²) in [4.78, 5) is 0. The van der Waals surface area contributed by atoms with Crippen LogP contribution in [0, 0.1) is 0 Å². The lowest BCUT2D eigenvalue weighted by molar-refractivity contribution is 0.216. The van der Waals surface area contributed by atoms with Crippen molar-refractivity contribution in [1.82, 2.24) is 5.32 Å². The molecule has 0 aromatic rings. The summed E-state index contributed by atoms with van der Waals surface area (Å²) < 4.78 is 0. The normalized spacial score (nSPS) is 7.64. The van der Waals surface area contributed by atoms with E-state index in [1.54, 1.807) is 13.8 Å². The summed E-state index contributed by atoms with van der Waals surface area (Å²) in [6.45, 7) is 9.83. The molecule has 0 atom stereocenters. The van der Waals surface area contributed by atoms with Crippen LogP contribution < -0.4 is 5.32 Å². The summed E-state index contributed by atoms with van der Waals surface area (Å²) in [7, 11) is 1.00. The molecule has 0 fully saturated rings. The summed E-state index contributed by atoms with van der Waals surface area (Å²) in [5, 5.41) is 18.2. The zero-order valence-electron chi connectivity index (χ0n) is 8.39. The minimum Gasteiger partial charge on any atom is -0.400 e. The molecule has 0 spiro atoms. The maximum absolute atomic E-state index is 8.06. The highest BCUT2D eigenvalue weighted by atomic mass is 16.3. The summed E-state index contributed by atoms with van der Waals surface area (Å²) >= 11 is 0. The van der Waals surface area contributed by atoms with Gasteiger partial charge in [-0.15, -0.1) is 0 Å². The van der Waals surface area contributed by atoms with Gasteiger partial charge in [0.05, 0.1) is 0 Å². The van der Waals surface area contributed by atoms with Crippen LogP contribution in [0.2, 0.25) is 0 Å². The van der Waals surface area contributed by atoms with E-state index in [1.165, 1.54) is 0 Å². The highest BCUT2D eigenvalue weighted by Gasteiger charge is 1.69. The molecule has 11 heavy (non-hydrogen) atoms. The quantitative estimate of drug-likeness (QED) is 0.562. The number of aliphatic hydroxyl groups excluding tert-OH is 2. The van der Waals surface area contributed by atoms with E-state index in [9.17, 15) is 0 Å². The van der Waals surface area contributed by atoms with E-state index in [0.717, 1.165) is 20.2 Å². The molecule has 0 rings (SSSR count). The largest absolute Gasteiger partial charge is 0.400 e. The van der Waals surface area contributed by atoms with Crippen molar-refractivity contribution in [3.05, 3.63) is 0 Å². The van der Waals surface area contributed by atoms with Gasteiger partial charge in [-0.2, -0.15) is 0 Å². The van der Waals surface area contributed by atoms with Gasteiger partial charge in [-0.3, -0.25) is 0 Å². The molecule has 0 aliphatic heterocycles. The van der Waals surface area contributed by atoms with E-state index in [-0.39, 0.29) is 6.10 Å². The number of aliphatic hydroxyl groups is 2. The van der Waals surface area contributed by atoms with Gasteiger partial charge < -0.3 is 15.5 Å². The molecule has 3 heteroatoms. The number of nitrogens with one attached hydrogen (secondary N) is 1. The second-order valence-corrected chi connectivity index (χ2v) is 2.05. The standard InChI is InChI=1S/C4H11N.C3H8O.CH4O/c1-3-5-4-2;1-3(2)4;1-2/h5H,3-4H2,1-2H3;3-4H,1-2H3;2H,1H3. The van der Waals surface area contributed by atoms with Gasteiger partial charge in [-0.05, 0) is 26.9 Å². The van der Waals surface area contributed by atoms with Gasteiger partial charge in [0, 0.05) is 13.2 Å². The molecule has 0 saturated heterocycles. The summed E-state index contributed by atoms with van der Waals surface area (Å²) in [5.74, 6) is 0. The SMILES string of the molecule is CC(C)O.CCNCC.CO. The number of rotatable bonds is 2. The smallest absolute Gasteiger partial charge is 0.0483 e. The monoisotopic (exact) mass is 165 g/mol. The fourth-order valence-electron chi connectivity index (χ4n) is 0.250. The molecule has 72 valence electrons. The first-order chi connectivity index (χ1) is 5.15. The fraction of sp³-hybridized carbons (Fsp3) is 1.00. The average molecular weight is 165 g/mol. The molecule has 0 aliphatic carbocycles. The molecule has 0 radical (unpaired) electrons. The van der Waals surface area contributed by atoms with Crippen molar-refractivity contribution in [2.24, 2.45) is 0 Å². The highest BCUT2D eigenvalue weighted by molar-refractivity contribution is 4.27. The summed E-state index contributed by atoms with van der Waals surface area (Å²) in [5.41, 5.74) is 0. The molecule has 0 saturated carbocycles. The van der Waals surface area contributed by atoms with Crippen LogP contribution in [0.5, 0.6) is 0 Å². The van der Waals surface area contributed by atoms with Crippen LogP contribution in [-0.4, -0.2) is 36.5 Å². The Kier molecular flexibility index (Phi) is 35.0. The van der Waals surface area contributed by atoms with Crippen LogP contribution in [0.3, 0.4) is 0 Å². The van der Waals surface area contributed by atoms with Gasteiger partial charge >= 0.3 is 0 Å². The van der Waals surface area contributed by atoms with Crippen molar-refractivity contribution < 1.29 is 10.2 Å².